The molecule has 3 aromatic heterocycles. The maximum absolute atomic E-state index is 13.3. The molecule has 0 radical (unpaired) electrons. The van der Waals surface area contributed by atoms with E-state index in [1.807, 2.05) is 80.7 Å². The number of hydrogen-bond donors (Lipinski definition) is 3. The molecule has 46 heavy (non-hydrogen) atoms. The monoisotopic (exact) mass is 627 g/mol. The zero-order valence-corrected chi connectivity index (χ0v) is 27.8. The third-order valence-corrected chi connectivity index (χ3v) is 8.26. The molecule has 5 rings (SSSR count). The quantitative estimate of drug-likeness (QED) is 0.213. The van der Waals surface area contributed by atoms with Gasteiger partial charge >= 0.3 is 6.03 Å². The zero-order chi connectivity index (χ0) is 33.0. The summed E-state index contributed by atoms with van der Waals surface area (Å²) >= 11 is 0. The van der Waals surface area contributed by atoms with E-state index < -0.39 is 6.03 Å². The number of nitrogens with zero attached hydrogens (tertiary/aromatic N) is 6. The van der Waals surface area contributed by atoms with Crippen molar-refractivity contribution in [3.63, 3.8) is 0 Å². The largest absolute Gasteiger partial charge is 0.484 e. The fourth-order valence-corrected chi connectivity index (χ4v) is 5.44. The van der Waals surface area contributed by atoms with Crippen molar-refractivity contribution in [2.45, 2.75) is 77.4 Å². The van der Waals surface area contributed by atoms with Crippen molar-refractivity contribution in [3.8, 4) is 5.75 Å². The first-order chi connectivity index (χ1) is 21.9. The molecular weight excluding hydrogens is 582 g/mol. The van der Waals surface area contributed by atoms with E-state index in [0.717, 1.165) is 34.8 Å². The second-order valence-electron chi connectivity index (χ2n) is 13.2. The van der Waals surface area contributed by atoms with E-state index >= 15 is 0 Å². The van der Waals surface area contributed by atoms with Gasteiger partial charge in [-0.1, -0.05) is 58.9 Å². The Bertz CT molecular complexity index is 1690. The average Bonchev–Trinajstić information content (AvgIpc) is 3.44. The van der Waals surface area contributed by atoms with Gasteiger partial charge in [-0.15, -0.1) is 10.2 Å². The van der Waals surface area contributed by atoms with E-state index in [4.69, 9.17) is 4.74 Å². The number of likely N-dealkylation sites (N-methyl/N-ethyl adjacent to an activating group) is 1. The van der Waals surface area contributed by atoms with Gasteiger partial charge in [0.2, 0.25) is 5.82 Å². The van der Waals surface area contributed by atoms with Gasteiger partial charge in [-0.05, 0) is 56.6 Å². The lowest BCUT2D eigenvalue weighted by molar-refractivity contribution is 0.0940. The van der Waals surface area contributed by atoms with Crippen LogP contribution in [0, 0.1) is 0 Å². The van der Waals surface area contributed by atoms with Gasteiger partial charge in [0.05, 0.1) is 17.9 Å². The highest BCUT2D eigenvalue weighted by Gasteiger charge is 2.30. The first kappa shape index (κ1) is 32.8. The molecule has 0 saturated carbocycles. The number of pyridine rings is 1. The maximum Gasteiger partial charge on any atom is 0.320 e. The highest BCUT2D eigenvalue weighted by atomic mass is 16.5. The first-order valence-corrected chi connectivity index (χ1v) is 15.9. The number of aromatic nitrogens is 5. The fourth-order valence-electron chi connectivity index (χ4n) is 5.44. The summed E-state index contributed by atoms with van der Waals surface area (Å²) in [5.74, 6) is 1.83. The highest BCUT2D eigenvalue weighted by molar-refractivity contribution is 5.92. The lowest BCUT2D eigenvalue weighted by atomic mass is 9.85. The molecule has 0 spiro atoms. The van der Waals surface area contributed by atoms with Gasteiger partial charge < -0.3 is 20.3 Å². The van der Waals surface area contributed by atoms with E-state index in [1.54, 1.807) is 6.07 Å². The Morgan fingerprint density at radius 3 is 2.54 bits per heavy atom. The molecule has 0 saturated heterocycles. The summed E-state index contributed by atoms with van der Waals surface area (Å²) in [4.78, 5) is 37.1. The van der Waals surface area contributed by atoms with Crippen LogP contribution in [0.2, 0.25) is 0 Å². The molecule has 0 unspecified atom stereocenters. The molecular formula is C34H45N9O3. The molecule has 3 amide bonds. The molecule has 4 aromatic rings. The summed E-state index contributed by atoms with van der Waals surface area (Å²) in [5.41, 5.74) is 3.11. The molecule has 1 aliphatic rings. The summed E-state index contributed by atoms with van der Waals surface area (Å²) in [5, 5.41) is 17.5. The molecule has 3 N–H and O–H groups in total. The van der Waals surface area contributed by atoms with Crippen LogP contribution in [-0.2, 0) is 5.41 Å². The number of urea groups is 1. The molecule has 1 aliphatic carbocycles. The number of carbonyl (C=O) groups is 2. The van der Waals surface area contributed by atoms with Crippen LogP contribution in [0.15, 0.2) is 48.7 Å². The Hall–Kier alpha value is -4.58. The average molecular weight is 628 g/mol. The van der Waals surface area contributed by atoms with Crippen molar-refractivity contribution in [1.29, 1.82) is 0 Å². The summed E-state index contributed by atoms with van der Waals surface area (Å²) in [7, 11) is 3.87. The minimum atomic E-state index is -0.410. The summed E-state index contributed by atoms with van der Waals surface area (Å²) < 4.78 is 8.54. The van der Waals surface area contributed by atoms with Crippen molar-refractivity contribution < 1.29 is 14.3 Å². The molecule has 0 bridgehead atoms. The van der Waals surface area contributed by atoms with Crippen molar-refractivity contribution in [2.75, 3.05) is 32.5 Å². The second kappa shape index (κ2) is 13.8. The summed E-state index contributed by atoms with van der Waals surface area (Å²) in [6.45, 7) is 11.4. The minimum Gasteiger partial charge on any atom is -0.484 e. The minimum absolute atomic E-state index is 0.0189. The van der Waals surface area contributed by atoms with Gasteiger partial charge in [-0.25, -0.2) is 14.8 Å². The van der Waals surface area contributed by atoms with Crippen LogP contribution in [0.25, 0.3) is 5.65 Å². The van der Waals surface area contributed by atoms with Crippen LogP contribution in [0.5, 0.6) is 5.75 Å². The standard InChI is InChI=1S/C34H45N9O3/c1-8-21(2)31-41-40-29-16-13-22(20-43(29)31)46-26-15-14-25(23-11-9-10-12-24(23)26)36-33(45)39-28-19-27(34(3,4)5)37-30(38-28)32(44)35-17-18-42(6)7/h9-13,16,19-21,25-26H,8,14-15,17-18H2,1-7H3,(H,35,44)(H2,36,37,38,39,45)/t21-,25-,26+/m0/s1. The van der Waals surface area contributed by atoms with Gasteiger partial charge in [-0.3, -0.25) is 14.5 Å². The number of ether oxygens (including phenoxy) is 1. The zero-order valence-electron chi connectivity index (χ0n) is 27.8. The van der Waals surface area contributed by atoms with Crippen LogP contribution in [0.4, 0.5) is 10.6 Å². The van der Waals surface area contributed by atoms with Crippen LogP contribution in [-0.4, -0.2) is 68.6 Å². The molecule has 0 fully saturated rings. The van der Waals surface area contributed by atoms with E-state index in [1.165, 1.54) is 0 Å². The third kappa shape index (κ3) is 7.61. The topological polar surface area (TPSA) is 139 Å². The number of fused-ring (bicyclic) bond motifs is 2. The van der Waals surface area contributed by atoms with Gasteiger partial charge in [0.25, 0.3) is 5.91 Å². The SMILES string of the molecule is CC[C@H](C)c1nnc2ccc(O[C@@H]3CC[C@H](NC(=O)Nc4cc(C(C)(C)C)nc(C(=O)NCCN(C)C)n4)c4ccccc43)cn12. The molecule has 1 aromatic carbocycles. The molecule has 12 heteroatoms. The van der Waals surface area contributed by atoms with Crippen molar-refractivity contribution in [3.05, 3.63) is 77.1 Å². The fraction of sp³-hybridized carbons (Fsp3) is 0.471. The van der Waals surface area contributed by atoms with Gasteiger partial charge in [-0.2, -0.15) is 0 Å². The third-order valence-electron chi connectivity index (χ3n) is 8.26. The second-order valence-corrected chi connectivity index (χ2v) is 13.2. The Balaban J connectivity index is 1.30. The highest BCUT2D eigenvalue weighted by Crippen LogP contribution is 2.39. The van der Waals surface area contributed by atoms with Gasteiger partial charge in [0.15, 0.2) is 5.65 Å². The summed E-state index contributed by atoms with van der Waals surface area (Å²) in [6, 6.07) is 13.0. The van der Waals surface area contributed by atoms with Crippen molar-refractivity contribution in [2.24, 2.45) is 0 Å². The Labute approximate surface area is 270 Å². The molecule has 244 valence electrons. The van der Waals surface area contributed by atoms with E-state index in [9.17, 15) is 9.59 Å². The van der Waals surface area contributed by atoms with Crippen LogP contribution in [0.1, 0.15) is 105 Å². The number of benzene rings is 1. The number of nitrogens with one attached hydrogen (secondary N) is 3. The van der Waals surface area contributed by atoms with Gasteiger partial charge in [0, 0.05) is 30.5 Å². The van der Waals surface area contributed by atoms with Crippen molar-refractivity contribution in [1.82, 2.24) is 40.1 Å². The smallest absolute Gasteiger partial charge is 0.320 e. The number of rotatable bonds is 10. The number of hydrogen-bond acceptors (Lipinski definition) is 8. The number of anilines is 1. The van der Waals surface area contributed by atoms with Crippen LogP contribution >= 0.6 is 0 Å². The Morgan fingerprint density at radius 2 is 1.83 bits per heavy atom. The van der Waals surface area contributed by atoms with E-state index in [-0.39, 0.29) is 41.0 Å². The Kier molecular flexibility index (Phi) is 9.85. The maximum atomic E-state index is 13.3. The number of amides is 3. The lowest BCUT2D eigenvalue weighted by Crippen LogP contribution is -2.36. The van der Waals surface area contributed by atoms with E-state index in [2.05, 4.69) is 56.0 Å². The van der Waals surface area contributed by atoms with E-state index in [0.29, 0.717) is 31.6 Å². The van der Waals surface area contributed by atoms with Crippen LogP contribution < -0.4 is 20.7 Å². The first-order valence-electron chi connectivity index (χ1n) is 15.9. The van der Waals surface area contributed by atoms with Crippen molar-refractivity contribution >= 4 is 23.4 Å². The Morgan fingerprint density at radius 1 is 1.07 bits per heavy atom. The van der Waals surface area contributed by atoms with Gasteiger partial charge in [0.1, 0.15) is 23.5 Å². The normalized spacial score (nSPS) is 17.0. The molecule has 3 atom stereocenters. The molecule has 0 aliphatic heterocycles. The van der Waals surface area contributed by atoms with Crippen LogP contribution in [0.3, 0.4) is 0 Å². The predicted molar refractivity (Wildman–Crippen MR) is 177 cm³/mol. The number of carbonyl (C=O) groups excluding carboxylic acids is 2. The lowest BCUT2D eigenvalue weighted by Gasteiger charge is -2.32. The summed E-state index contributed by atoms with van der Waals surface area (Å²) in [6.07, 6.45) is 4.13. The molecule has 3 heterocycles. The predicted octanol–water partition coefficient (Wildman–Crippen LogP) is 5.40. The molecule has 12 nitrogen and oxygen atoms in total.